The van der Waals surface area contributed by atoms with Crippen LogP contribution in [-0.2, 0) is 25.6 Å². The standard InChI is InChI=1S/C16H26N6O7/c1-7(20-14(26)10(17)3-9-4-18-6-19-9)13(25)21-11(5-23)15(27)22-12(8(2)24)16(28)29/h4,6-8,10-12,23-24H,3,5,17H2,1-2H3,(H,18,19)(H,20,26)(H,21,25)(H,22,27)(H,28,29). The molecule has 0 spiro atoms. The molecule has 0 bridgehead atoms. The van der Waals surface area contributed by atoms with Crippen molar-refractivity contribution in [3.63, 3.8) is 0 Å². The number of carbonyl (C=O) groups excluding carboxylic acids is 3. The number of imidazole rings is 1. The van der Waals surface area contributed by atoms with Gasteiger partial charge in [-0.15, -0.1) is 0 Å². The summed E-state index contributed by atoms with van der Waals surface area (Å²) >= 11 is 0. The Hall–Kier alpha value is -3.03. The maximum Gasteiger partial charge on any atom is 0.328 e. The molecule has 0 aliphatic heterocycles. The number of nitrogens with two attached hydrogens (primary N) is 1. The molecule has 0 aliphatic carbocycles. The highest BCUT2D eigenvalue weighted by Crippen LogP contribution is 1.98. The number of aliphatic hydroxyl groups is 2. The molecule has 1 heterocycles. The molecule has 13 heteroatoms. The number of carboxylic acids is 1. The van der Waals surface area contributed by atoms with Crippen LogP contribution in [0.1, 0.15) is 19.5 Å². The Morgan fingerprint density at radius 2 is 1.79 bits per heavy atom. The second-order valence-corrected chi connectivity index (χ2v) is 6.43. The monoisotopic (exact) mass is 414 g/mol. The van der Waals surface area contributed by atoms with Crippen molar-refractivity contribution in [1.82, 2.24) is 25.9 Å². The average molecular weight is 414 g/mol. The van der Waals surface area contributed by atoms with Crippen LogP contribution in [-0.4, -0.2) is 85.9 Å². The van der Waals surface area contributed by atoms with Crippen molar-refractivity contribution in [2.24, 2.45) is 5.73 Å². The zero-order valence-electron chi connectivity index (χ0n) is 16.0. The van der Waals surface area contributed by atoms with E-state index in [-0.39, 0.29) is 6.42 Å². The van der Waals surface area contributed by atoms with Crippen LogP contribution < -0.4 is 21.7 Å². The number of aromatic amines is 1. The highest BCUT2D eigenvalue weighted by atomic mass is 16.4. The molecule has 0 aromatic carbocycles. The first-order valence-corrected chi connectivity index (χ1v) is 8.72. The van der Waals surface area contributed by atoms with Crippen LogP contribution in [0.4, 0.5) is 0 Å². The predicted molar refractivity (Wildman–Crippen MR) is 98.1 cm³/mol. The second-order valence-electron chi connectivity index (χ2n) is 6.43. The number of aliphatic carboxylic acids is 1. The molecule has 0 radical (unpaired) electrons. The summed E-state index contributed by atoms with van der Waals surface area (Å²) in [4.78, 5) is 54.0. The zero-order chi connectivity index (χ0) is 22.1. The molecule has 9 N–H and O–H groups in total. The molecular formula is C16H26N6O7. The van der Waals surface area contributed by atoms with Gasteiger partial charge in [0.15, 0.2) is 6.04 Å². The summed E-state index contributed by atoms with van der Waals surface area (Å²) in [5.41, 5.74) is 6.40. The first kappa shape index (κ1) is 24.0. The molecule has 1 aromatic heterocycles. The lowest BCUT2D eigenvalue weighted by Crippen LogP contribution is -2.58. The fourth-order valence-electron chi connectivity index (χ4n) is 2.25. The number of rotatable bonds is 11. The SMILES string of the molecule is CC(NC(=O)C(N)Cc1cnc[nH]1)C(=O)NC(CO)C(=O)NC(C(=O)O)C(C)O. The predicted octanol–water partition coefficient (Wildman–Crippen LogP) is -3.79. The molecule has 13 nitrogen and oxygen atoms in total. The number of aromatic nitrogens is 2. The molecule has 5 atom stereocenters. The van der Waals surface area contributed by atoms with Crippen LogP contribution in [0.3, 0.4) is 0 Å². The van der Waals surface area contributed by atoms with Crippen LogP contribution in [0, 0.1) is 0 Å². The first-order chi connectivity index (χ1) is 13.6. The zero-order valence-corrected chi connectivity index (χ0v) is 16.0. The molecular weight excluding hydrogens is 388 g/mol. The van der Waals surface area contributed by atoms with E-state index in [2.05, 4.69) is 20.6 Å². The minimum absolute atomic E-state index is 0.164. The van der Waals surface area contributed by atoms with Gasteiger partial charge >= 0.3 is 5.97 Å². The van der Waals surface area contributed by atoms with Gasteiger partial charge in [0.05, 0.1) is 25.1 Å². The van der Waals surface area contributed by atoms with E-state index in [9.17, 15) is 29.4 Å². The third kappa shape index (κ3) is 7.48. The van der Waals surface area contributed by atoms with Crippen molar-refractivity contribution < 1.29 is 34.5 Å². The fraction of sp³-hybridized carbons (Fsp3) is 0.562. The minimum Gasteiger partial charge on any atom is -0.480 e. The van der Waals surface area contributed by atoms with Crippen molar-refractivity contribution in [2.45, 2.75) is 50.5 Å². The van der Waals surface area contributed by atoms with Crippen LogP contribution in [0.15, 0.2) is 12.5 Å². The van der Waals surface area contributed by atoms with Gasteiger partial charge in [0.25, 0.3) is 0 Å². The van der Waals surface area contributed by atoms with E-state index in [0.29, 0.717) is 5.69 Å². The van der Waals surface area contributed by atoms with Gasteiger partial charge in [0, 0.05) is 18.3 Å². The molecule has 29 heavy (non-hydrogen) atoms. The second kappa shape index (κ2) is 11.1. The summed E-state index contributed by atoms with van der Waals surface area (Å²) in [6.45, 7) is 1.68. The normalized spacial score (nSPS) is 16.0. The summed E-state index contributed by atoms with van der Waals surface area (Å²) in [5, 5.41) is 34.3. The number of nitrogens with one attached hydrogen (secondary N) is 4. The number of amides is 3. The van der Waals surface area contributed by atoms with E-state index >= 15 is 0 Å². The number of aliphatic hydroxyl groups excluding tert-OH is 2. The molecule has 5 unspecified atom stereocenters. The Bertz CT molecular complexity index is 709. The van der Waals surface area contributed by atoms with Crippen LogP contribution >= 0.6 is 0 Å². The van der Waals surface area contributed by atoms with Crippen molar-refractivity contribution >= 4 is 23.7 Å². The van der Waals surface area contributed by atoms with Gasteiger partial charge in [-0.05, 0) is 13.8 Å². The fourth-order valence-corrected chi connectivity index (χ4v) is 2.25. The summed E-state index contributed by atoms with van der Waals surface area (Å²) in [5.74, 6) is -3.91. The van der Waals surface area contributed by atoms with Crippen molar-refractivity contribution in [1.29, 1.82) is 0 Å². The van der Waals surface area contributed by atoms with E-state index in [4.69, 9.17) is 10.8 Å². The summed E-state index contributed by atoms with van der Waals surface area (Å²) < 4.78 is 0. The number of hydrogen-bond donors (Lipinski definition) is 8. The Morgan fingerprint density at radius 3 is 2.28 bits per heavy atom. The number of carboxylic acid groups (broad SMARTS) is 1. The molecule has 0 fully saturated rings. The quantitative estimate of drug-likeness (QED) is 0.178. The smallest absolute Gasteiger partial charge is 0.328 e. The maximum absolute atomic E-state index is 12.2. The Balaban J connectivity index is 2.60. The van der Waals surface area contributed by atoms with Crippen molar-refractivity contribution in [2.75, 3.05) is 6.61 Å². The largest absolute Gasteiger partial charge is 0.480 e. The number of hydrogen-bond acceptors (Lipinski definition) is 8. The van der Waals surface area contributed by atoms with Gasteiger partial charge in [0.1, 0.15) is 12.1 Å². The van der Waals surface area contributed by atoms with Crippen LogP contribution in [0.25, 0.3) is 0 Å². The lowest BCUT2D eigenvalue weighted by molar-refractivity contribution is -0.145. The average Bonchev–Trinajstić information content (AvgIpc) is 3.15. The van der Waals surface area contributed by atoms with Crippen molar-refractivity contribution in [3.05, 3.63) is 18.2 Å². The van der Waals surface area contributed by atoms with Gasteiger partial charge in [-0.3, -0.25) is 14.4 Å². The van der Waals surface area contributed by atoms with Crippen LogP contribution in [0.5, 0.6) is 0 Å². The van der Waals surface area contributed by atoms with Gasteiger partial charge < -0.3 is 42.0 Å². The minimum atomic E-state index is -1.62. The summed E-state index contributed by atoms with van der Waals surface area (Å²) in [6, 6.07) is -5.15. The number of carbonyl (C=O) groups is 4. The molecule has 0 saturated heterocycles. The number of H-pyrrole nitrogens is 1. The molecule has 1 rings (SSSR count). The maximum atomic E-state index is 12.2. The van der Waals surface area contributed by atoms with Crippen LogP contribution in [0.2, 0.25) is 0 Å². The van der Waals surface area contributed by atoms with E-state index in [0.717, 1.165) is 6.92 Å². The lowest BCUT2D eigenvalue weighted by Gasteiger charge is -2.23. The lowest BCUT2D eigenvalue weighted by atomic mass is 10.1. The first-order valence-electron chi connectivity index (χ1n) is 8.72. The van der Waals surface area contributed by atoms with E-state index in [1.54, 1.807) is 0 Å². The highest BCUT2D eigenvalue weighted by Gasteiger charge is 2.30. The molecule has 162 valence electrons. The van der Waals surface area contributed by atoms with E-state index in [1.807, 2.05) is 5.32 Å². The summed E-state index contributed by atoms with van der Waals surface area (Å²) in [6.07, 6.45) is 1.70. The van der Waals surface area contributed by atoms with Crippen molar-refractivity contribution in [3.8, 4) is 0 Å². The third-order valence-corrected chi connectivity index (χ3v) is 3.95. The Labute approximate surface area is 166 Å². The van der Waals surface area contributed by atoms with E-state index < -0.39 is 60.6 Å². The molecule has 0 saturated carbocycles. The van der Waals surface area contributed by atoms with E-state index in [1.165, 1.54) is 19.4 Å². The van der Waals surface area contributed by atoms with Gasteiger partial charge in [-0.2, -0.15) is 0 Å². The third-order valence-electron chi connectivity index (χ3n) is 3.95. The Kier molecular flexibility index (Phi) is 9.18. The highest BCUT2D eigenvalue weighted by molar-refractivity contribution is 5.94. The summed E-state index contributed by atoms with van der Waals surface area (Å²) in [7, 11) is 0. The molecule has 0 aliphatic rings. The van der Waals surface area contributed by atoms with Gasteiger partial charge in [0.2, 0.25) is 17.7 Å². The number of nitrogens with zero attached hydrogens (tertiary/aromatic N) is 1. The topological polar surface area (TPSA) is 220 Å². The molecule has 3 amide bonds. The van der Waals surface area contributed by atoms with Gasteiger partial charge in [-0.25, -0.2) is 9.78 Å². The molecule has 1 aromatic rings. The van der Waals surface area contributed by atoms with Gasteiger partial charge in [-0.1, -0.05) is 0 Å². The Morgan fingerprint density at radius 1 is 1.14 bits per heavy atom.